The monoisotopic (exact) mass is 507 g/mol. The zero-order chi connectivity index (χ0) is 23.9. The summed E-state index contributed by atoms with van der Waals surface area (Å²) in [6.07, 6.45) is 1.50. The Bertz CT molecular complexity index is 1250. The summed E-state index contributed by atoms with van der Waals surface area (Å²) in [6.45, 7) is 1.22. The highest BCUT2D eigenvalue weighted by atomic mass is 35.5. The van der Waals surface area contributed by atoms with Gasteiger partial charge in [0.1, 0.15) is 0 Å². The molecule has 0 unspecified atom stereocenters. The number of hydroxylamine groups is 2. The van der Waals surface area contributed by atoms with E-state index in [1.165, 1.54) is 18.3 Å². The Labute approximate surface area is 201 Å². The molecule has 0 radical (unpaired) electrons. The summed E-state index contributed by atoms with van der Waals surface area (Å²) in [6, 6.07) is 4.94. The first-order valence-corrected chi connectivity index (χ1v) is 11.3. The van der Waals surface area contributed by atoms with Gasteiger partial charge in [0.25, 0.3) is 11.8 Å². The first kappa shape index (κ1) is 23.2. The Kier molecular flexibility index (Phi) is 6.38. The Morgan fingerprint density at radius 3 is 2.48 bits per heavy atom. The Morgan fingerprint density at radius 1 is 1.12 bits per heavy atom. The number of carbonyl (C=O) groups is 5. The lowest BCUT2D eigenvalue weighted by molar-refractivity contribution is -0.196. The molecule has 33 heavy (non-hydrogen) atoms. The highest BCUT2D eigenvalue weighted by Crippen LogP contribution is 2.42. The van der Waals surface area contributed by atoms with Crippen molar-refractivity contribution in [3.8, 4) is 5.75 Å². The van der Waals surface area contributed by atoms with Crippen LogP contribution in [0.4, 0.5) is 0 Å². The van der Waals surface area contributed by atoms with Gasteiger partial charge in [0.2, 0.25) is 0 Å². The fourth-order valence-corrected chi connectivity index (χ4v) is 5.10. The average molecular weight is 508 g/mol. The van der Waals surface area contributed by atoms with Crippen molar-refractivity contribution in [2.75, 3.05) is 0 Å². The number of Topliss-reactive ketones (excluding diaryl/α,β-unsaturated/α-hetero) is 1. The van der Waals surface area contributed by atoms with Crippen molar-refractivity contribution in [2.45, 2.75) is 32.6 Å². The molecule has 1 aromatic heterocycles. The number of esters is 1. The number of ether oxygens (including phenoxy) is 1. The molecule has 2 amide bonds. The molecule has 0 N–H and O–H groups in total. The molecule has 1 aliphatic carbocycles. The molecule has 0 bridgehead atoms. The minimum atomic E-state index is -0.752. The van der Waals surface area contributed by atoms with Crippen molar-refractivity contribution in [3.63, 3.8) is 0 Å². The summed E-state index contributed by atoms with van der Waals surface area (Å²) >= 11 is 13.8. The normalized spacial score (nSPS) is 15.4. The molecule has 0 saturated carbocycles. The Balaban J connectivity index is 1.55. The van der Waals surface area contributed by atoms with E-state index >= 15 is 0 Å². The maximum atomic E-state index is 12.8. The largest absolute Gasteiger partial charge is 0.424 e. The van der Waals surface area contributed by atoms with Gasteiger partial charge in [-0.2, -0.15) is 0 Å². The molecule has 8 nitrogen and oxygen atoms in total. The van der Waals surface area contributed by atoms with Gasteiger partial charge in [-0.1, -0.05) is 23.2 Å². The van der Waals surface area contributed by atoms with Crippen LogP contribution in [0.5, 0.6) is 5.75 Å². The number of thiophene rings is 1. The van der Waals surface area contributed by atoms with Crippen LogP contribution in [0.25, 0.3) is 11.6 Å². The number of carbonyl (C=O) groups excluding carboxylic acids is 5. The van der Waals surface area contributed by atoms with Gasteiger partial charge in [-0.15, -0.1) is 16.4 Å². The molecule has 2 aromatic rings. The van der Waals surface area contributed by atoms with Crippen LogP contribution in [-0.4, -0.2) is 34.6 Å². The van der Waals surface area contributed by atoms with Crippen LogP contribution in [0.1, 0.15) is 40.6 Å². The van der Waals surface area contributed by atoms with Crippen LogP contribution in [0.2, 0.25) is 10.0 Å². The Morgan fingerprint density at radius 2 is 1.82 bits per heavy atom. The molecule has 170 valence electrons. The number of rotatable bonds is 5. The summed E-state index contributed by atoms with van der Waals surface area (Å²) in [5.74, 6) is -2.62. The number of fused-ring (bicyclic) bond motifs is 1. The minimum absolute atomic E-state index is 0.0140. The molecule has 1 saturated heterocycles. The van der Waals surface area contributed by atoms with Gasteiger partial charge in [-0.05, 0) is 35.4 Å². The van der Waals surface area contributed by atoms with Gasteiger partial charge in [0, 0.05) is 41.5 Å². The fraction of sp³-hybridized carbons (Fsp3) is 0.227. The molecule has 2 heterocycles. The van der Waals surface area contributed by atoms with Crippen LogP contribution in [-0.2, 0) is 41.7 Å². The van der Waals surface area contributed by atoms with Gasteiger partial charge in [0.15, 0.2) is 11.5 Å². The van der Waals surface area contributed by atoms with Crippen LogP contribution in [0, 0.1) is 0 Å². The van der Waals surface area contributed by atoms with Crippen LogP contribution < -0.4 is 4.74 Å². The van der Waals surface area contributed by atoms with Gasteiger partial charge >= 0.3 is 11.9 Å². The molecule has 11 heteroatoms. The molecule has 0 spiro atoms. The number of imide groups is 1. The summed E-state index contributed by atoms with van der Waals surface area (Å²) in [4.78, 5) is 65.5. The number of amides is 2. The zero-order valence-electron chi connectivity index (χ0n) is 17.1. The van der Waals surface area contributed by atoms with Crippen molar-refractivity contribution in [2.24, 2.45) is 0 Å². The van der Waals surface area contributed by atoms with Gasteiger partial charge in [-0.3, -0.25) is 19.2 Å². The van der Waals surface area contributed by atoms with Crippen molar-refractivity contribution in [3.05, 3.63) is 49.1 Å². The predicted molar refractivity (Wildman–Crippen MR) is 120 cm³/mol. The fourth-order valence-electron chi connectivity index (χ4n) is 3.46. The summed E-state index contributed by atoms with van der Waals surface area (Å²) < 4.78 is 5.07. The molecule has 1 aliphatic heterocycles. The molecule has 1 aromatic carbocycles. The highest BCUT2D eigenvalue weighted by Gasteiger charge is 2.33. The lowest BCUT2D eigenvalue weighted by Crippen LogP contribution is -2.32. The lowest BCUT2D eigenvalue weighted by atomic mass is 9.90. The van der Waals surface area contributed by atoms with E-state index < -0.39 is 23.8 Å². The number of halogens is 2. The summed E-state index contributed by atoms with van der Waals surface area (Å²) in [5, 5.41) is 0.745. The van der Waals surface area contributed by atoms with E-state index in [0.717, 1.165) is 0 Å². The van der Waals surface area contributed by atoms with Crippen LogP contribution >= 0.6 is 34.5 Å². The second-order valence-electron chi connectivity index (χ2n) is 7.31. The van der Waals surface area contributed by atoms with Crippen molar-refractivity contribution >= 4 is 75.7 Å². The maximum Gasteiger partial charge on any atom is 0.338 e. The van der Waals surface area contributed by atoms with E-state index in [-0.39, 0.29) is 47.3 Å². The predicted octanol–water partition coefficient (Wildman–Crippen LogP) is 3.80. The summed E-state index contributed by atoms with van der Waals surface area (Å²) in [5.41, 5.74) is 1.55. The number of hydrogen-bond donors (Lipinski definition) is 0. The van der Waals surface area contributed by atoms with E-state index in [0.29, 0.717) is 31.5 Å². The number of nitrogens with zero attached hydrogens (tertiary/aromatic N) is 1. The number of hydrogen-bond acceptors (Lipinski definition) is 8. The van der Waals surface area contributed by atoms with Crippen molar-refractivity contribution in [1.82, 2.24) is 5.06 Å². The quantitative estimate of drug-likeness (QED) is 0.344. The topological polar surface area (TPSA) is 107 Å². The van der Waals surface area contributed by atoms with E-state index in [9.17, 15) is 24.0 Å². The van der Waals surface area contributed by atoms with E-state index in [1.807, 2.05) is 0 Å². The molecular formula is C22H15Cl2NO7S. The SMILES string of the molecule is CC(=O)Oc1c(Cl)cc2c(c1Cl)CC(=O)C(c1ccc(CC(=O)ON3C(=O)CCC3=O)s1)=C2. The third kappa shape index (κ3) is 4.71. The molecule has 4 rings (SSSR count). The van der Waals surface area contributed by atoms with E-state index in [1.54, 1.807) is 24.3 Å². The molecular weight excluding hydrogens is 493 g/mol. The third-order valence-electron chi connectivity index (χ3n) is 4.94. The first-order chi connectivity index (χ1) is 15.6. The van der Waals surface area contributed by atoms with Crippen molar-refractivity contribution < 1.29 is 33.5 Å². The summed E-state index contributed by atoms with van der Waals surface area (Å²) in [7, 11) is 0. The zero-order valence-corrected chi connectivity index (χ0v) is 19.4. The second kappa shape index (κ2) is 9.09. The van der Waals surface area contributed by atoms with Crippen LogP contribution in [0.3, 0.4) is 0 Å². The molecule has 0 atom stereocenters. The molecule has 1 fully saturated rings. The number of ketones is 1. The van der Waals surface area contributed by atoms with E-state index in [4.69, 9.17) is 32.8 Å². The standard InChI is InChI=1S/C22H15Cl2NO7S/c1-10(26)31-22-15(23)7-11-6-14(16(27)9-13(11)21(22)24)17-3-2-12(33-17)8-20(30)32-25-18(28)4-5-19(25)29/h2-3,6-7H,4-5,8-9H2,1H3. The van der Waals surface area contributed by atoms with Crippen LogP contribution in [0.15, 0.2) is 18.2 Å². The van der Waals surface area contributed by atoms with E-state index in [2.05, 4.69) is 0 Å². The molecule has 2 aliphatic rings. The maximum absolute atomic E-state index is 12.8. The van der Waals surface area contributed by atoms with Gasteiger partial charge < -0.3 is 9.57 Å². The lowest BCUT2D eigenvalue weighted by Gasteiger charge is -2.19. The average Bonchev–Trinajstić information content (AvgIpc) is 3.33. The Hall–Kier alpha value is -3.01. The smallest absolute Gasteiger partial charge is 0.338 e. The highest BCUT2D eigenvalue weighted by molar-refractivity contribution is 7.13. The van der Waals surface area contributed by atoms with Gasteiger partial charge in [-0.25, -0.2) is 4.79 Å². The first-order valence-electron chi connectivity index (χ1n) is 9.74. The number of allylic oxidation sites excluding steroid dienone is 1. The number of benzene rings is 1. The van der Waals surface area contributed by atoms with Crippen molar-refractivity contribution in [1.29, 1.82) is 0 Å². The second-order valence-corrected chi connectivity index (χ2v) is 9.26. The third-order valence-corrected chi connectivity index (χ3v) is 6.74. The van der Waals surface area contributed by atoms with Gasteiger partial charge in [0.05, 0.1) is 16.5 Å². The minimum Gasteiger partial charge on any atom is -0.424 e.